The molecule has 1 aromatic carbocycles. The van der Waals surface area contributed by atoms with Gasteiger partial charge in [0.1, 0.15) is 10.9 Å². The quantitative estimate of drug-likeness (QED) is 0.574. The molecule has 0 amide bonds. The molecule has 0 aliphatic carbocycles. The SMILES string of the molecule is C=Nc1c(C(Cl)=NCC)cc(Cl)c(Br)c1F. The Morgan fingerprint density at radius 2 is 2.25 bits per heavy atom. The normalized spacial score (nSPS) is 11.7. The molecule has 0 fully saturated rings. The molecule has 0 radical (unpaired) electrons. The van der Waals surface area contributed by atoms with Gasteiger partial charge in [-0.1, -0.05) is 23.2 Å². The largest absolute Gasteiger partial charge is 0.273 e. The van der Waals surface area contributed by atoms with E-state index in [1.807, 2.05) is 6.92 Å². The molecule has 1 aromatic rings. The van der Waals surface area contributed by atoms with Crippen LogP contribution in [0.4, 0.5) is 10.1 Å². The van der Waals surface area contributed by atoms with Crippen molar-refractivity contribution in [3.8, 4) is 0 Å². The second-order valence-electron chi connectivity index (χ2n) is 2.81. The molecule has 2 nitrogen and oxygen atoms in total. The highest BCUT2D eigenvalue weighted by molar-refractivity contribution is 9.10. The molecule has 0 bridgehead atoms. The van der Waals surface area contributed by atoms with E-state index in [2.05, 4.69) is 32.6 Å². The van der Waals surface area contributed by atoms with Crippen LogP contribution in [0.5, 0.6) is 0 Å². The molecule has 0 unspecified atom stereocenters. The Balaban J connectivity index is 3.51. The standard InChI is InChI=1S/C10H8BrCl2FN2/c1-3-16-10(13)5-4-6(12)7(11)8(14)9(5)15-2/h4H,2-3H2,1H3. The van der Waals surface area contributed by atoms with Crippen molar-refractivity contribution in [2.45, 2.75) is 6.92 Å². The van der Waals surface area contributed by atoms with E-state index in [9.17, 15) is 4.39 Å². The number of benzene rings is 1. The molecule has 0 saturated carbocycles. The lowest BCUT2D eigenvalue weighted by molar-refractivity contribution is 0.623. The highest BCUT2D eigenvalue weighted by Gasteiger charge is 2.17. The Bertz CT molecular complexity index is 461. The van der Waals surface area contributed by atoms with Gasteiger partial charge in [0.25, 0.3) is 0 Å². The first-order chi connectivity index (χ1) is 7.52. The number of hydrogen-bond donors (Lipinski definition) is 0. The van der Waals surface area contributed by atoms with E-state index in [-0.39, 0.29) is 20.4 Å². The topological polar surface area (TPSA) is 24.7 Å². The lowest BCUT2D eigenvalue weighted by Crippen LogP contribution is -1.96. The third-order valence-corrected chi connectivity index (χ3v) is 3.44. The molecule has 0 aliphatic rings. The van der Waals surface area contributed by atoms with Gasteiger partial charge in [-0.05, 0) is 35.6 Å². The summed E-state index contributed by atoms with van der Waals surface area (Å²) in [4.78, 5) is 7.57. The monoisotopic (exact) mass is 324 g/mol. The van der Waals surface area contributed by atoms with Crippen molar-refractivity contribution in [1.29, 1.82) is 0 Å². The summed E-state index contributed by atoms with van der Waals surface area (Å²) in [6.07, 6.45) is 0. The summed E-state index contributed by atoms with van der Waals surface area (Å²) in [6.45, 7) is 5.61. The average Bonchev–Trinajstić information content (AvgIpc) is 2.26. The van der Waals surface area contributed by atoms with Crippen LogP contribution < -0.4 is 0 Å². The van der Waals surface area contributed by atoms with Gasteiger partial charge in [0.2, 0.25) is 0 Å². The zero-order valence-corrected chi connectivity index (χ0v) is 11.5. The van der Waals surface area contributed by atoms with Crippen molar-refractivity contribution in [2.75, 3.05) is 6.54 Å². The van der Waals surface area contributed by atoms with Crippen LogP contribution in [-0.2, 0) is 0 Å². The van der Waals surface area contributed by atoms with Crippen molar-refractivity contribution < 1.29 is 4.39 Å². The predicted molar refractivity (Wildman–Crippen MR) is 71.3 cm³/mol. The van der Waals surface area contributed by atoms with E-state index in [4.69, 9.17) is 23.2 Å². The molecule has 16 heavy (non-hydrogen) atoms. The van der Waals surface area contributed by atoms with Gasteiger partial charge in [0.05, 0.1) is 9.50 Å². The maximum atomic E-state index is 13.7. The van der Waals surface area contributed by atoms with Gasteiger partial charge < -0.3 is 0 Å². The lowest BCUT2D eigenvalue weighted by Gasteiger charge is -2.08. The summed E-state index contributed by atoms with van der Waals surface area (Å²) in [5.74, 6) is -0.595. The van der Waals surface area contributed by atoms with Crippen LogP contribution in [0.15, 0.2) is 20.5 Å². The van der Waals surface area contributed by atoms with E-state index < -0.39 is 5.82 Å². The number of halogens is 4. The molecule has 1 rings (SSSR count). The summed E-state index contributed by atoms with van der Waals surface area (Å²) in [5, 5.41) is 0.377. The van der Waals surface area contributed by atoms with Crippen molar-refractivity contribution in [1.82, 2.24) is 0 Å². The summed E-state index contributed by atoms with van der Waals surface area (Å²) in [5.41, 5.74) is 0.377. The minimum absolute atomic E-state index is 0.0403. The molecule has 0 N–H and O–H groups in total. The van der Waals surface area contributed by atoms with Gasteiger partial charge in [0, 0.05) is 12.1 Å². The van der Waals surface area contributed by atoms with Gasteiger partial charge in [-0.3, -0.25) is 9.98 Å². The molecular weight excluding hydrogens is 318 g/mol. The van der Waals surface area contributed by atoms with E-state index >= 15 is 0 Å². The summed E-state index contributed by atoms with van der Waals surface area (Å²) in [7, 11) is 0. The van der Waals surface area contributed by atoms with Crippen LogP contribution in [0.3, 0.4) is 0 Å². The summed E-state index contributed by atoms with van der Waals surface area (Å²) < 4.78 is 13.9. The maximum absolute atomic E-state index is 13.7. The van der Waals surface area contributed by atoms with Gasteiger partial charge in [-0.2, -0.15) is 0 Å². The molecular formula is C10H8BrCl2FN2. The predicted octanol–water partition coefficient (Wildman–Crippen LogP) is 4.58. The Morgan fingerprint density at radius 3 is 2.75 bits per heavy atom. The number of hydrogen-bond acceptors (Lipinski definition) is 2. The number of rotatable bonds is 3. The average molecular weight is 326 g/mol. The molecule has 0 aliphatic heterocycles. The fourth-order valence-electron chi connectivity index (χ4n) is 1.12. The second-order valence-corrected chi connectivity index (χ2v) is 4.36. The van der Waals surface area contributed by atoms with Crippen LogP contribution in [0, 0.1) is 5.82 Å². The van der Waals surface area contributed by atoms with Gasteiger partial charge in [0.15, 0.2) is 5.82 Å². The van der Waals surface area contributed by atoms with Gasteiger partial charge in [-0.25, -0.2) is 4.39 Å². The van der Waals surface area contributed by atoms with Crippen molar-refractivity contribution in [2.24, 2.45) is 9.98 Å². The molecule has 0 heterocycles. The molecule has 0 spiro atoms. The van der Waals surface area contributed by atoms with Crippen LogP contribution in [-0.4, -0.2) is 18.4 Å². The van der Waals surface area contributed by atoms with Crippen molar-refractivity contribution in [3.63, 3.8) is 0 Å². The smallest absolute Gasteiger partial charge is 0.165 e. The third-order valence-electron chi connectivity index (χ3n) is 1.81. The van der Waals surface area contributed by atoms with Crippen molar-refractivity contribution in [3.05, 3.63) is 26.9 Å². The first-order valence-electron chi connectivity index (χ1n) is 4.37. The Hall–Kier alpha value is -0.450. The second kappa shape index (κ2) is 5.75. The van der Waals surface area contributed by atoms with Gasteiger partial charge >= 0.3 is 0 Å². The summed E-state index contributed by atoms with van der Waals surface area (Å²) >= 11 is 14.8. The third kappa shape index (κ3) is 2.62. The fraction of sp³-hybridized carbons (Fsp3) is 0.200. The minimum atomic E-state index is -0.595. The molecule has 6 heteroatoms. The van der Waals surface area contributed by atoms with Crippen LogP contribution >= 0.6 is 39.1 Å². The highest BCUT2D eigenvalue weighted by atomic mass is 79.9. The highest BCUT2D eigenvalue weighted by Crippen LogP contribution is 2.36. The van der Waals surface area contributed by atoms with Crippen LogP contribution in [0.1, 0.15) is 12.5 Å². The van der Waals surface area contributed by atoms with Crippen LogP contribution in [0.2, 0.25) is 5.02 Å². The minimum Gasteiger partial charge on any atom is -0.273 e. The zero-order valence-electron chi connectivity index (χ0n) is 8.40. The lowest BCUT2D eigenvalue weighted by atomic mass is 10.2. The molecule has 0 aromatic heterocycles. The molecule has 86 valence electrons. The molecule has 0 saturated heterocycles. The maximum Gasteiger partial charge on any atom is 0.165 e. The van der Waals surface area contributed by atoms with Crippen LogP contribution in [0.25, 0.3) is 0 Å². The van der Waals surface area contributed by atoms with E-state index in [1.165, 1.54) is 6.07 Å². The zero-order chi connectivity index (χ0) is 12.3. The Morgan fingerprint density at radius 1 is 1.62 bits per heavy atom. The first kappa shape index (κ1) is 13.6. The van der Waals surface area contributed by atoms with E-state index in [0.29, 0.717) is 12.1 Å². The number of aliphatic imine (C=N–C) groups is 2. The molecule has 0 atom stereocenters. The number of nitrogens with zero attached hydrogens (tertiary/aromatic N) is 2. The van der Waals surface area contributed by atoms with E-state index in [1.54, 1.807) is 0 Å². The fourth-order valence-corrected chi connectivity index (χ4v) is 1.88. The Labute approximate surface area is 111 Å². The van der Waals surface area contributed by atoms with Crippen molar-refractivity contribution >= 4 is 56.7 Å². The van der Waals surface area contributed by atoms with Gasteiger partial charge in [-0.15, -0.1) is 0 Å². The first-order valence-corrected chi connectivity index (χ1v) is 5.92. The summed E-state index contributed by atoms with van der Waals surface area (Å²) in [6, 6.07) is 1.50. The van der Waals surface area contributed by atoms with E-state index in [0.717, 1.165) is 0 Å². The Kier molecular flexibility index (Phi) is 4.89.